The van der Waals surface area contributed by atoms with Crippen molar-refractivity contribution >= 4 is 0 Å². The molecule has 0 radical (unpaired) electrons. The largest absolute Gasteiger partial charge is 0.383 e. The van der Waals surface area contributed by atoms with E-state index in [0.717, 1.165) is 26.2 Å². The fourth-order valence-corrected chi connectivity index (χ4v) is 1.83. The highest BCUT2D eigenvalue weighted by molar-refractivity contribution is 4.74. The lowest BCUT2D eigenvalue weighted by molar-refractivity contribution is 0.124. The molecular formula is C12H28N2O. The Bertz CT molecular complexity index is 136. The molecule has 1 N–H and O–H groups in total. The van der Waals surface area contributed by atoms with E-state index in [4.69, 9.17) is 4.74 Å². The first-order valence-corrected chi connectivity index (χ1v) is 6.15. The van der Waals surface area contributed by atoms with Gasteiger partial charge in [0.2, 0.25) is 0 Å². The zero-order chi connectivity index (χ0) is 11.7. The zero-order valence-electron chi connectivity index (χ0n) is 11.0. The number of hydrogen-bond acceptors (Lipinski definition) is 3. The van der Waals surface area contributed by atoms with Gasteiger partial charge in [-0.15, -0.1) is 0 Å². The summed E-state index contributed by atoms with van der Waals surface area (Å²) in [5.74, 6) is 0. The number of nitrogens with zero attached hydrogens (tertiary/aromatic N) is 1. The minimum Gasteiger partial charge on any atom is -0.383 e. The van der Waals surface area contributed by atoms with E-state index in [9.17, 15) is 0 Å². The molecule has 0 saturated heterocycles. The van der Waals surface area contributed by atoms with Crippen molar-refractivity contribution in [3.05, 3.63) is 0 Å². The smallest absolute Gasteiger partial charge is 0.0628 e. The molecule has 0 aliphatic rings. The van der Waals surface area contributed by atoms with Crippen LogP contribution in [-0.4, -0.2) is 50.3 Å². The molecule has 0 aliphatic heterocycles. The van der Waals surface area contributed by atoms with Crippen molar-refractivity contribution in [1.82, 2.24) is 10.2 Å². The van der Waals surface area contributed by atoms with Crippen molar-refractivity contribution in [2.24, 2.45) is 0 Å². The molecule has 2 unspecified atom stereocenters. The fourth-order valence-electron chi connectivity index (χ4n) is 1.83. The normalized spacial score (nSPS) is 15.6. The summed E-state index contributed by atoms with van der Waals surface area (Å²) in [4.78, 5) is 2.51. The highest BCUT2D eigenvalue weighted by Crippen LogP contribution is 2.04. The Morgan fingerprint density at radius 3 is 2.33 bits per heavy atom. The van der Waals surface area contributed by atoms with Crippen LogP contribution in [0.1, 0.15) is 34.1 Å². The number of methoxy groups -OCH3 is 1. The second kappa shape index (κ2) is 9.13. The summed E-state index contributed by atoms with van der Waals surface area (Å²) in [6.07, 6.45) is 1.21. The first kappa shape index (κ1) is 14.9. The van der Waals surface area contributed by atoms with Crippen LogP contribution in [0.3, 0.4) is 0 Å². The minimum atomic E-state index is 0.453. The van der Waals surface area contributed by atoms with Crippen LogP contribution in [0.4, 0.5) is 0 Å². The molecule has 0 aromatic rings. The molecule has 0 spiro atoms. The number of ether oxygens (including phenoxy) is 1. The van der Waals surface area contributed by atoms with Gasteiger partial charge in [-0.05, 0) is 26.4 Å². The number of hydrogen-bond donors (Lipinski definition) is 1. The minimum absolute atomic E-state index is 0.453. The number of nitrogens with one attached hydrogen (secondary N) is 1. The third-order valence-corrected chi connectivity index (χ3v) is 2.94. The first-order chi connectivity index (χ1) is 7.19. The van der Waals surface area contributed by atoms with Crippen molar-refractivity contribution in [3.63, 3.8) is 0 Å². The zero-order valence-corrected chi connectivity index (χ0v) is 11.0. The van der Waals surface area contributed by atoms with Gasteiger partial charge in [-0.1, -0.05) is 20.8 Å². The Kier molecular flexibility index (Phi) is 9.06. The molecule has 0 amide bonds. The number of rotatable bonds is 9. The van der Waals surface area contributed by atoms with Gasteiger partial charge in [0.05, 0.1) is 6.61 Å². The van der Waals surface area contributed by atoms with E-state index in [1.54, 1.807) is 7.11 Å². The molecule has 15 heavy (non-hydrogen) atoms. The van der Waals surface area contributed by atoms with Crippen molar-refractivity contribution in [2.75, 3.05) is 33.4 Å². The highest BCUT2D eigenvalue weighted by Gasteiger charge is 2.15. The van der Waals surface area contributed by atoms with Gasteiger partial charge in [0.1, 0.15) is 0 Å². The summed E-state index contributed by atoms with van der Waals surface area (Å²) >= 11 is 0. The van der Waals surface area contributed by atoms with Gasteiger partial charge < -0.3 is 10.1 Å². The molecule has 0 aliphatic carbocycles. The maximum Gasteiger partial charge on any atom is 0.0628 e. The molecule has 0 aromatic carbocycles. The number of likely N-dealkylation sites (N-methyl/N-ethyl adjacent to an activating group) is 2. The lowest BCUT2D eigenvalue weighted by atomic mass is 10.2. The molecule has 2 atom stereocenters. The second-order valence-electron chi connectivity index (χ2n) is 4.05. The lowest BCUT2D eigenvalue weighted by Crippen LogP contribution is -2.46. The molecule has 0 saturated carbocycles. The van der Waals surface area contributed by atoms with Gasteiger partial charge in [0.15, 0.2) is 0 Å². The van der Waals surface area contributed by atoms with Crippen LogP contribution >= 0.6 is 0 Å². The molecule has 92 valence electrons. The van der Waals surface area contributed by atoms with Crippen LogP contribution < -0.4 is 5.32 Å². The van der Waals surface area contributed by atoms with Crippen LogP contribution in [0, 0.1) is 0 Å². The SMILES string of the molecule is CCNC(COC)CN(CC)C(C)CC. The van der Waals surface area contributed by atoms with Crippen LogP contribution in [0.15, 0.2) is 0 Å². The third kappa shape index (κ3) is 6.13. The maximum absolute atomic E-state index is 5.23. The summed E-state index contributed by atoms with van der Waals surface area (Å²) in [5, 5.41) is 3.46. The topological polar surface area (TPSA) is 24.5 Å². The molecular weight excluding hydrogens is 188 g/mol. The molecule has 0 bridgehead atoms. The Hall–Kier alpha value is -0.120. The molecule has 3 heteroatoms. The Morgan fingerprint density at radius 2 is 1.93 bits per heavy atom. The molecule has 0 aromatic heterocycles. The van der Waals surface area contributed by atoms with Gasteiger partial charge in [-0.2, -0.15) is 0 Å². The first-order valence-electron chi connectivity index (χ1n) is 6.15. The van der Waals surface area contributed by atoms with Crippen LogP contribution in [0.25, 0.3) is 0 Å². The van der Waals surface area contributed by atoms with E-state index in [1.165, 1.54) is 6.42 Å². The standard InChI is InChI=1S/C12H28N2O/c1-6-11(4)14(8-3)9-12(10-15-5)13-7-2/h11-13H,6-10H2,1-5H3. The molecule has 0 fully saturated rings. The quantitative estimate of drug-likeness (QED) is 0.635. The van der Waals surface area contributed by atoms with Gasteiger partial charge >= 0.3 is 0 Å². The van der Waals surface area contributed by atoms with E-state index in [0.29, 0.717) is 12.1 Å². The fraction of sp³-hybridized carbons (Fsp3) is 1.00. The predicted molar refractivity (Wildman–Crippen MR) is 66.3 cm³/mol. The van der Waals surface area contributed by atoms with Gasteiger partial charge in [0.25, 0.3) is 0 Å². The third-order valence-electron chi connectivity index (χ3n) is 2.94. The summed E-state index contributed by atoms with van der Waals surface area (Å²) in [7, 11) is 1.77. The Balaban J connectivity index is 4.08. The van der Waals surface area contributed by atoms with Gasteiger partial charge in [-0.3, -0.25) is 4.90 Å². The monoisotopic (exact) mass is 216 g/mol. The molecule has 0 heterocycles. The maximum atomic E-state index is 5.23. The van der Waals surface area contributed by atoms with E-state index in [2.05, 4.69) is 37.9 Å². The van der Waals surface area contributed by atoms with Crippen molar-refractivity contribution in [3.8, 4) is 0 Å². The van der Waals surface area contributed by atoms with Crippen LogP contribution in [0.2, 0.25) is 0 Å². The van der Waals surface area contributed by atoms with Gasteiger partial charge in [-0.25, -0.2) is 0 Å². The van der Waals surface area contributed by atoms with Crippen molar-refractivity contribution in [2.45, 2.75) is 46.2 Å². The van der Waals surface area contributed by atoms with E-state index >= 15 is 0 Å². The highest BCUT2D eigenvalue weighted by atomic mass is 16.5. The Labute approximate surface area is 95.2 Å². The average Bonchev–Trinajstić information content (AvgIpc) is 2.25. The van der Waals surface area contributed by atoms with Crippen LogP contribution in [-0.2, 0) is 4.74 Å². The van der Waals surface area contributed by atoms with E-state index in [1.807, 2.05) is 0 Å². The van der Waals surface area contributed by atoms with Crippen LogP contribution in [0.5, 0.6) is 0 Å². The lowest BCUT2D eigenvalue weighted by Gasteiger charge is -2.31. The van der Waals surface area contributed by atoms with Gasteiger partial charge in [0, 0.05) is 25.7 Å². The summed E-state index contributed by atoms with van der Waals surface area (Å²) in [6, 6.07) is 1.11. The average molecular weight is 216 g/mol. The van der Waals surface area contributed by atoms with E-state index in [-0.39, 0.29) is 0 Å². The summed E-state index contributed by atoms with van der Waals surface area (Å²) in [5.41, 5.74) is 0. The predicted octanol–water partition coefficient (Wildman–Crippen LogP) is 1.73. The summed E-state index contributed by atoms with van der Waals surface area (Å²) < 4.78 is 5.23. The Morgan fingerprint density at radius 1 is 1.27 bits per heavy atom. The molecule has 3 nitrogen and oxygen atoms in total. The molecule has 0 rings (SSSR count). The van der Waals surface area contributed by atoms with E-state index < -0.39 is 0 Å². The second-order valence-corrected chi connectivity index (χ2v) is 4.05. The van der Waals surface area contributed by atoms with Crippen molar-refractivity contribution < 1.29 is 4.74 Å². The summed E-state index contributed by atoms with van der Waals surface area (Å²) in [6.45, 7) is 12.9. The van der Waals surface area contributed by atoms with Crippen molar-refractivity contribution in [1.29, 1.82) is 0 Å².